The molecule has 0 aliphatic rings. The molecule has 0 aliphatic heterocycles. The van der Waals surface area contributed by atoms with Crippen molar-refractivity contribution >= 4 is 11.6 Å². The van der Waals surface area contributed by atoms with Gasteiger partial charge in [-0.2, -0.15) is 0 Å². The van der Waals surface area contributed by atoms with Gasteiger partial charge in [0.15, 0.2) is 0 Å². The Balaban J connectivity index is 2.90. The van der Waals surface area contributed by atoms with Crippen molar-refractivity contribution in [2.75, 3.05) is 0 Å². The van der Waals surface area contributed by atoms with E-state index in [9.17, 15) is 0 Å². The van der Waals surface area contributed by atoms with Crippen LogP contribution < -0.4 is 0 Å². The Hall–Kier alpha value is -0.500. The van der Waals surface area contributed by atoms with E-state index < -0.39 is 0 Å². The Labute approximate surface area is 65.2 Å². The van der Waals surface area contributed by atoms with Crippen LogP contribution in [-0.4, -0.2) is 5.16 Å². The third kappa shape index (κ3) is 1.32. The molecule has 0 atom stereocenters. The lowest BCUT2D eigenvalue weighted by Crippen LogP contribution is -1.90. The molecule has 2 nitrogen and oxygen atoms in total. The minimum absolute atomic E-state index is 0.396. The lowest BCUT2D eigenvalue weighted by atomic mass is 10.1. The second-order valence-electron chi connectivity index (χ2n) is 2.51. The van der Waals surface area contributed by atoms with Crippen LogP contribution >= 0.6 is 11.6 Å². The number of rotatable bonds is 2. The quantitative estimate of drug-likeness (QED) is 0.620. The highest BCUT2D eigenvalue weighted by Crippen LogP contribution is 2.18. The maximum atomic E-state index is 5.62. The van der Waals surface area contributed by atoms with E-state index in [1.54, 1.807) is 6.26 Å². The lowest BCUT2D eigenvalue weighted by molar-refractivity contribution is 0.408. The molecule has 0 saturated carbocycles. The summed E-state index contributed by atoms with van der Waals surface area (Å²) in [6.07, 6.45) is 1.60. The Kier molecular flexibility index (Phi) is 2.33. The first kappa shape index (κ1) is 7.61. The molecular weight excluding hydrogens is 150 g/mol. The van der Waals surface area contributed by atoms with E-state index in [-0.39, 0.29) is 0 Å². The highest BCUT2D eigenvalue weighted by Gasteiger charge is 2.09. The molecule has 0 bridgehead atoms. The fraction of sp³-hybridized carbons (Fsp3) is 0.571. The van der Waals surface area contributed by atoms with Gasteiger partial charge in [0.1, 0.15) is 6.26 Å². The van der Waals surface area contributed by atoms with Crippen molar-refractivity contribution in [2.45, 2.75) is 25.6 Å². The first-order chi connectivity index (χ1) is 4.75. The summed E-state index contributed by atoms with van der Waals surface area (Å²) in [5.41, 5.74) is 1.96. The summed E-state index contributed by atoms with van der Waals surface area (Å²) >= 11 is 5.62. The molecule has 0 spiro atoms. The Morgan fingerprint density at radius 3 is 2.80 bits per heavy atom. The molecule has 0 N–H and O–H groups in total. The molecule has 1 heterocycles. The smallest absolute Gasteiger partial charge is 0.128 e. The number of halogens is 1. The predicted molar refractivity (Wildman–Crippen MR) is 40.1 cm³/mol. The van der Waals surface area contributed by atoms with Crippen molar-refractivity contribution in [3.8, 4) is 0 Å². The van der Waals surface area contributed by atoms with Crippen LogP contribution in [0.3, 0.4) is 0 Å². The van der Waals surface area contributed by atoms with E-state index in [4.69, 9.17) is 16.1 Å². The maximum absolute atomic E-state index is 5.62. The van der Waals surface area contributed by atoms with Gasteiger partial charge in [-0.05, 0) is 5.92 Å². The van der Waals surface area contributed by atoms with Gasteiger partial charge in [0.25, 0.3) is 0 Å². The van der Waals surface area contributed by atoms with E-state index >= 15 is 0 Å². The van der Waals surface area contributed by atoms with Crippen molar-refractivity contribution in [3.05, 3.63) is 17.5 Å². The number of aromatic nitrogens is 1. The summed E-state index contributed by atoms with van der Waals surface area (Å²) in [5, 5.41) is 3.83. The molecule has 0 unspecified atom stereocenters. The van der Waals surface area contributed by atoms with Crippen LogP contribution in [0.4, 0.5) is 0 Å². The molecule has 3 heteroatoms. The second-order valence-corrected chi connectivity index (χ2v) is 2.78. The number of hydrogen-bond donors (Lipinski definition) is 0. The van der Waals surface area contributed by atoms with Gasteiger partial charge >= 0.3 is 0 Å². The van der Waals surface area contributed by atoms with Crippen LogP contribution in [0.5, 0.6) is 0 Å². The van der Waals surface area contributed by atoms with Gasteiger partial charge in [-0.25, -0.2) is 0 Å². The summed E-state index contributed by atoms with van der Waals surface area (Å²) in [6, 6.07) is 0. The molecule has 1 aromatic rings. The van der Waals surface area contributed by atoms with E-state index in [0.717, 1.165) is 11.3 Å². The van der Waals surface area contributed by atoms with Crippen molar-refractivity contribution < 1.29 is 4.52 Å². The minimum Gasteiger partial charge on any atom is -0.364 e. The molecule has 1 aromatic heterocycles. The SMILES string of the molecule is CC(C)c1nocc1CCl. The van der Waals surface area contributed by atoms with Gasteiger partial charge in [0.2, 0.25) is 0 Å². The van der Waals surface area contributed by atoms with Crippen molar-refractivity contribution in [3.63, 3.8) is 0 Å². The summed E-state index contributed by atoms with van der Waals surface area (Å²) in [4.78, 5) is 0. The molecular formula is C7H10ClNO. The zero-order chi connectivity index (χ0) is 7.56. The average Bonchev–Trinajstić information content (AvgIpc) is 2.33. The van der Waals surface area contributed by atoms with Crippen LogP contribution in [0.1, 0.15) is 31.0 Å². The first-order valence-corrected chi connectivity index (χ1v) is 3.78. The fourth-order valence-electron chi connectivity index (χ4n) is 0.842. The number of alkyl halides is 1. The molecule has 0 radical (unpaired) electrons. The van der Waals surface area contributed by atoms with E-state index in [1.807, 2.05) is 0 Å². The Morgan fingerprint density at radius 2 is 2.40 bits per heavy atom. The minimum atomic E-state index is 0.396. The lowest BCUT2D eigenvalue weighted by Gasteiger charge is -1.98. The van der Waals surface area contributed by atoms with Crippen LogP contribution in [0, 0.1) is 0 Å². The number of hydrogen-bond acceptors (Lipinski definition) is 2. The summed E-state index contributed by atoms with van der Waals surface area (Å²) in [5.74, 6) is 0.879. The van der Waals surface area contributed by atoms with Gasteiger partial charge in [-0.15, -0.1) is 11.6 Å². The second kappa shape index (κ2) is 3.06. The van der Waals surface area contributed by atoms with Crippen LogP contribution in [0.2, 0.25) is 0 Å². The Bertz CT molecular complexity index is 207. The normalized spacial score (nSPS) is 10.8. The highest BCUT2D eigenvalue weighted by atomic mass is 35.5. The third-order valence-electron chi connectivity index (χ3n) is 1.37. The standard InChI is InChI=1S/C7H10ClNO/c1-5(2)7-6(3-8)4-10-9-7/h4-5H,3H2,1-2H3. The summed E-state index contributed by atoms with van der Waals surface area (Å²) < 4.78 is 4.76. The van der Waals surface area contributed by atoms with Crippen molar-refractivity contribution in [1.29, 1.82) is 0 Å². The summed E-state index contributed by atoms with van der Waals surface area (Å²) in [6.45, 7) is 4.13. The van der Waals surface area contributed by atoms with Gasteiger partial charge in [-0.1, -0.05) is 19.0 Å². The van der Waals surface area contributed by atoms with E-state index in [2.05, 4.69) is 19.0 Å². The number of nitrogens with zero attached hydrogens (tertiary/aromatic N) is 1. The zero-order valence-electron chi connectivity index (χ0n) is 6.10. The largest absolute Gasteiger partial charge is 0.364 e. The van der Waals surface area contributed by atoms with Crippen LogP contribution in [0.25, 0.3) is 0 Å². The first-order valence-electron chi connectivity index (χ1n) is 3.24. The highest BCUT2D eigenvalue weighted by molar-refractivity contribution is 6.17. The van der Waals surface area contributed by atoms with Crippen LogP contribution in [0.15, 0.2) is 10.8 Å². The van der Waals surface area contributed by atoms with Crippen LogP contribution in [-0.2, 0) is 5.88 Å². The maximum Gasteiger partial charge on any atom is 0.128 e. The molecule has 0 saturated heterocycles. The molecule has 56 valence electrons. The molecule has 0 fully saturated rings. The van der Waals surface area contributed by atoms with E-state index in [0.29, 0.717) is 11.8 Å². The molecule has 0 aromatic carbocycles. The van der Waals surface area contributed by atoms with Crippen molar-refractivity contribution in [1.82, 2.24) is 5.16 Å². The molecule has 1 rings (SSSR count). The topological polar surface area (TPSA) is 26.0 Å². The zero-order valence-corrected chi connectivity index (χ0v) is 6.85. The van der Waals surface area contributed by atoms with Gasteiger partial charge in [0.05, 0.1) is 11.6 Å². The molecule has 10 heavy (non-hydrogen) atoms. The average molecular weight is 160 g/mol. The van der Waals surface area contributed by atoms with Crippen molar-refractivity contribution in [2.24, 2.45) is 0 Å². The Morgan fingerprint density at radius 1 is 1.70 bits per heavy atom. The van der Waals surface area contributed by atoms with Gasteiger partial charge in [-0.3, -0.25) is 0 Å². The monoisotopic (exact) mass is 159 g/mol. The fourth-order valence-corrected chi connectivity index (χ4v) is 1.04. The predicted octanol–water partition coefficient (Wildman–Crippen LogP) is 2.54. The van der Waals surface area contributed by atoms with E-state index in [1.165, 1.54) is 0 Å². The van der Waals surface area contributed by atoms with Gasteiger partial charge < -0.3 is 4.52 Å². The van der Waals surface area contributed by atoms with Gasteiger partial charge in [0, 0.05) is 5.56 Å². The molecule has 0 amide bonds. The summed E-state index contributed by atoms with van der Waals surface area (Å²) in [7, 11) is 0. The third-order valence-corrected chi connectivity index (χ3v) is 1.65. The molecule has 0 aliphatic carbocycles.